The van der Waals surface area contributed by atoms with Gasteiger partial charge in [0.1, 0.15) is 0 Å². The molecular formula is C14H23NO2. The summed E-state index contributed by atoms with van der Waals surface area (Å²) in [6, 6.07) is 8.47. The second-order valence-electron chi connectivity index (χ2n) is 3.98. The molecule has 3 nitrogen and oxygen atoms in total. The molecule has 1 aromatic carbocycles. The third-order valence-electron chi connectivity index (χ3n) is 2.48. The zero-order valence-electron chi connectivity index (χ0n) is 10.9. The molecule has 1 N–H and O–H groups in total. The van der Waals surface area contributed by atoms with Gasteiger partial charge in [-0.15, -0.1) is 0 Å². The smallest absolute Gasteiger partial charge is 0.0713 e. The molecule has 0 radical (unpaired) electrons. The molecule has 0 saturated carbocycles. The Hall–Kier alpha value is -0.900. The maximum absolute atomic E-state index is 5.28. The molecule has 1 rings (SSSR count). The van der Waals surface area contributed by atoms with Crippen molar-refractivity contribution >= 4 is 0 Å². The lowest BCUT2D eigenvalue weighted by Crippen LogP contribution is -2.16. The molecule has 96 valence electrons. The van der Waals surface area contributed by atoms with Crippen molar-refractivity contribution in [3.63, 3.8) is 0 Å². The zero-order chi connectivity index (χ0) is 12.3. The average Bonchev–Trinajstić information content (AvgIpc) is 2.35. The Morgan fingerprint density at radius 2 is 2.06 bits per heavy atom. The fourth-order valence-corrected chi connectivity index (χ4v) is 1.67. The van der Waals surface area contributed by atoms with Crippen LogP contribution in [-0.2, 0) is 22.6 Å². The number of rotatable bonds is 9. The SMILES string of the molecule is CCOCCCNCc1cccc(COC)c1. The van der Waals surface area contributed by atoms with Crippen LogP contribution < -0.4 is 5.32 Å². The Bertz CT molecular complexity index is 302. The molecule has 0 saturated heterocycles. The lowest BCUT2D eigenvalue weighted by Gasteiger charge is -2.07. The van der Waals surface area contributed by atoms with E-state index in [0.717, 1.165) is 32.7 Å². The van der Waals surface area contributed by atoms with Crippen molar-refractivity contribution in [3.8, 4) is 0 Å². The van der Waals surface area contributed by atoms with E-state index in [-0.39, 0.29) is 0 Å². The van der Waals surface area contributed by atoms with Crippen LogP contribution in [0.25, 0.3) is 0 Å². The normalized spacial score (nSPS) is 10.7. The number of ether oxygens (including phenoxy) is 2. The van der Waals surface area contributed by atoms with Gasteiger partial charge in [0.2, 0.25) is 0 Å². The highest BCUT2D eigenvalue weighted by molar-refractivity contribution is 5.22. The van der Waals surface area contributed by atoms with Gasteiger partial charge in [-0.05, 0) is 31.0 Å². The minimum absolute atomic E-state index is 0.679. The molecular weight excluding hydrogens is 214 g/mol. The summed E-state index contributed by atoms with van der Waals surface area (Å²) in [4.78, 5) is 0. The molecule has 0 bridgehead atoms. The average molecular weight is 237 g/mol. The third kappa shape index (κ3) is 6.41. The molecule has 0 aromatic heterocycles. The van der Waals surface area contributed by atoms with E-state index in [0.29, 0.717) is 6.61 Å². The van der Waals surface area contributed by atoms with Gasteiger partial charge in [-0.2, -0.15) is 0 Å². The molecule has 3 heteroatoms. The van der Waals surface area contributed by atoms with Crippen molar-refractivity contribution in [1.82, 2.24) is 5.32 Å². The van der Waals surface area contributed by atoms with E-state index < -0.39 is 0 Å². The largest absolute Gasteiger partial charge is 0.382 e. The van der Waals surface area contributed by atoms with Crippen LogP contribution >= 0.6 is 0 Å². The number of hydrogen-bond donors (Lipinski definition) is 1. The first kappa shape index (κ1) is 14.2. The molecule has 0 aliphatic rings. The van der Waals surface area contributed by atoms with Gasteiger partial charge in [0.05, 0.1) is 6.61 Å². The first-order valence-corrected chi connectivity index (χ1v) is 6.22. The highest BCUT2D eigenvalue weighted by Gasteiger charge is 1.95. The Labute approximate surface area is 104 Å². The minimum atomic E-state index is 0.679. The summed E-state index contributed by atoms with van der Waals surface area (Å²) in [6.45, 7) is 6.25. The fourth-order valence-electron chi connectivity index (χ4n) is 1.67. The zero-order valence-corrected chi connectivity index (χ0v) is 10.9. The lowest BCUT2D eigenvalue weighted by atomic mass is 10.1. The van der Waals surface area contributed by atoms with E-state index in [4.69, 9.17) is 9.47 Å². The van der Waals surface area contributed by atoms with Gasteiger partial charge in [-0.1, -0.05) is 24.3 Å². The number of nitrogens with one attached hydrogen (secondary N) is 1. The van der Waals surface area contributed by atoms with Crippen LogP contribution in [-0.4, -0.2) is 26.9 Å². The van der Waals surface area contributed by atoms with Gasteiger partial charge in [-0.25, -0.2) is 0 Å². The van der Waals surface area contributed by atoms with E-state index in [1.165, 1.54) is 11.1 Å². The Balaban J connectivity index is 2.19. The summed E-state index contributed by atoms with van der Waals surface area (Å²) >= 11 is 0. The van der Waals surface area contributed by atoms with Crippen molar-refractivity contribution in [2.45, 2.75) is 26.5 Å². The van der Waals surface area contributed by atoms with Gasteiger partial charge < -0.3 is 14.8 Å². The monoisotopic (exact) mass is 237 g/mol. The van der Waals surface area contributed by atoms with Crippen molar-refractivity contribution in [2.75, 3.05) is 26.9 Å². The third-order valence-corrected chi connectivity index (χ3v) is 2.48. The van der Waals surface area contributed by atoms with Gasteiger partial charge in [-0.3, -0.25) is 0 Å². The van der Waals surface area contributed by atoms with Crippen molar-refractivity contribution in [1.29, 1.82) is 0 Å². The van der Waals surface area contributed by atoms with Gasteiger partial charge in [0.25, 0.3) is 0 Å². The molecule has 0 unspecified atom stereocenters. The molecule has 0 amide bonds. The number of benzene rings is 1. The lowest BCUT2D eigenvalue weighted by molar-refractivity contribution is 0.144. The molecule has 0 spiro atoms. The van der Waals surface area contributed by atoms with Crippen LogP contribution in [0, 0.1) is 0 Å². The Kier molecular flexibility index (Phi) is 7.63. The van der Waals surface area contributed by atoms with Crippen molar-refractivity contribution in [3.05, 3.63) is 35.4 Å². The first-order chi connectivity index (χ1) is 8.36. The Morgan fingerprint density at radius 3 is 2.82 bits per heavy atom. The van der Waals surface area contributed by atoms with Crippen LogP contribution in [0.15, 0.2) is 24.3 Å². The maximum atomic E-state index is 5.28. The van der Waals surface area contributed by atoms with Crippen LogP contribution in [0.3, 0.4) is 0 Å². The predicted molar refractivity (Wildman–Crippen MR) is 70.0 cm³/mol. The summed E-state index contributed by atoms with van der Waals surface area (Å²) in [5, 5.41) is 3.41. The van der Waals surface area contributed by atoms with E-state index in [1.807, 2.05) is 6.92 Å². The van der Waals surface area contributed by atoms with Gasteiger partial charge >= 0.3 is 0 Å². The van der Waals surface area contributed by atoms with Gasteiger partial charge in [0.15, 0.2) is 0 Å². The van der Waals surface area contributed by atoms with E-state index >= 15 is 0 Å². The highest BCUT2D eigenvalue weighted by atomic mass is 16.5. The molecule has 0 heterocycles. The van der Waals surface area contributed by atoms with E-state index in [9.17, 15) is 0 Å². The molecule has 0 aliphatic heterocycles. The van der Waals surface area contributed by atoms with Gasteiger partial charge in [0, 0.05) is 26.9 Å². The summed E-state index contributed by atoms with van der Waals surface area (Å²) < 4.78 is 10.4. The molecule has 1 aromatic rings. The van der Waals surface area contributed by atoms with Crippen molar-refractivity contribution in [2.24, 2.45) is 0 Å². The minimum Gasteiger partial charge on any atom is -0.382 e. The van der Waals surface area contributed by atoms with Crippen LogP contribution in [0.5, 0.6) is 0 Å². The highest BCUT2D eigenvalue weighted by Crippen LogP contribution is 2.06. The number of methoxy groups -OCH3 is 1. The first-order valence-electron chi connectivity index (χ1n) is 6.22. The van der Waals surface area contributed by atoms with E-state index in [1.54, 1.807) is 7.11 Å². The standard InChI is InChI=1S/C14H23NO2/c1-3-17-9-5-8-15-11-13-6-4-7-14(10-13)12-16-2/h4,6-7,10,15H,3,5,8-9,11-12H2,1-2H3. The van der Waals surface area contributed by atoms with Crippen LogP contribution in [0.1, 0.15) is 24.5 Å². The quantitative estimate of drug-likeness (QED) is 0.669. The van der Waals surface area contributed by atoms with Crippen LogP contribution in [0.2, 0.25) is 0 Å². The van der Waals surface area contributed by atoms with E-state index in [2.05, 4.69) is 29.6 Å². The number of hydrogen-bond acceptors (Lipinski definition) is 3. The second-order valence-corrected chi connectivity index (χ2v) is 3.98. The summed E-state index contributed by atoms with van der Waals surface area (Å²) in [6.07, 6.45) is 1.06. The second kappa shape index (κ2) is 9.16. The topological polar surface area (TPSA) is 30.5 Å². The predicted octanol–water partition coefficient (Wildman–Crippen LogP) is 2.35. The maximum Gasteiger partial charge on any atom is 0.0713 e. The van der Waals surface area contributed by atoms with Crippen LogP contribution in [0.4, 0.5) is 0 Å². The summed E-state index contributed by atoms with van der Waals surface area (Å²) in [5.74, 6) is 0. The van der Waals surface area contributed by atoms with Crippen molar-refractivity contribution < 1.29 is 9.47 Å². The molecule has 0 fully saturated rings. The molecule has 0 atom stereocenters. The molecule has 0 aliphatic carbocycles. The summed E-state index contributed by atoms with van der Waals surface area (Å²) in [7, 11) is 1.72. The fraction of sp³-hybridized carbons (Fsp3) is 0.571. The Morgan fingerprint density at radius 1 is 1.24 bits per heavy atom. The summed E-state index contributed by atoms with van der Waals surface area (Å²) in [5.41, 5.74) is 2.53. The molecule has 17 heavy (non-hydrogen) atoms.